The number of pyridine rings is 1. The Bertz CT molecular complexity index is 1140. The standard InChI is InChI=1S/C20H12F4N4/c21-16-11-13(5-6-15(16)20(22,23)24)26-19-14-3-1-2-4-17(14)27-18(28-19)12-7-9-25-10-8-12/h1-11H,(H,26,27,28). The van der Waals surface area contributed by atoms with Gasteiger partial charge in [-0.1, -0.05) is 12.1 Å². The van der Waals surface area contributed by atoms with E-state index >= 15 is 0 Å². The zero-order valence-corrected chi connectivity index (χ0v) is 14.2. The highest BCUT2D eigenvalue weighted by Gasteiger charge is 2.33. The van der Waals surface area contributed by atoms with Crippen molar-refractivity contribution in [1.82, 2.24) is 15.0 Å². The number of benzene rings is 2. The van der Waals surface area contributed by atoms with Crippen molar-refractivity contribution in [3.05, 3.63) is 78.4 Å². The van der Waals surface area contributed by atoms with Crippen molar-refractivity contribution in [3.63, 3.8) is 0 Å². The first kappa shape index (κ1) is 17.8. The van der Waals surface area contributed by atoms with Crippen molar-refractivity contribution in [2.24, 2.45) is 0 Å². The number of fused-ring (bicyclic) bond motifs is 1. The topological polar surface area (TPSA) is 50.7 Å². The third kappa shape index (κ3) is 3.48. The number of anilines is 2. The quantitative estimate of drug-likeness (QED) is 0.468. The van der Waals surface area contributed by atoms with E-state index in [0.29, 0.717) is 28.6 Å². The molecule has 4 rings (SSSR count). The van der Waals surface area contributed by atoms with Crippen LogP contribution in [0, 0.1) is 5.82 Å². The van der Waals surface area contributed by atoms with Crippen LogP contribution in [0.4, 0.5) is 29.1 Å². The van der Waals surface area contributed by atoms with Gasteiger partial charge in [0.2, 0.25) is 0 Å². The molecule has 0 aliphatic carbocycles. The smallest absolute Gasteiger partial charge is 0.340 e. The molecule has 0 amide bonds. The van der Waals surface area contributed by atoms with Crippen LogP contribution in [0.15, 0.2) is 67.0 Å². The lowest BCUT2D eigenvalue weighted by Crippen LogP contribution is -2.08. The molecule has 2 heterocycles. The lowest BCUT2D eigenvalue weighted by atomic mass is 10.1. The summed E-state index contributed by atoms with van der Waals surface area (Å²) in [6.45, 7) is 0. The van der Waals surface area contributed by atoms with E-state index in [2.05, 4.69) is 20.3 Å². The van der Waals surface area contributed by atoms with Gasteiger partial charge in [0.1, 0.15) is 11.6 Å². The second-order valence-electron chi connectivity index (χ2n) is 5.97. The molecule has 140 valence electrons. The van der Waals surface area contributed by atoms with E-state index in [1.54, 1.807) is 42.7 Å². The maximum absolute atomic E-state index is 13.9. The molecule has 2 aromatic carbocycles. The van der Waals surface area contributed by atoms with Crippen molar-refractivity contribution < 1.29 is 17.6 Å². The average molecular weight is 384 g/mol. The first-order valence-corrected chi connectivity index (χ1v) is 8.23. The second kappa shape index (κ2) is 6.88. The van der Waals surface area contributed by atoms with Gasteiger partial charge in [0.25, 0.3) is 0 Å². The molecular weight excluding hydrogens is 372 g/mol. The minimum Gasteiger partial charge on any atom is -0.340 e. The van der Waals surface area contributed by atoms with E-state index in [-0.39, 0.29) is 5.69 Å². The monoisotopic (exact) mass is 384 g/mol. The summed E-state index contributed by atoms with van der Waals surface area (Å²) in [4.78, 5) is 12.9. The third-order valence-corrected chi connectivity index (χ3v) is 4.08. The Hall–Kier alpha value is -3.55. The van der Waals surface area contributed by atoms with Crippen LogP contribution in [0.25, 0.3) is 22.3 Å². The van der Waals surface area contributed by atoms with Gasteiger partial charge >= 0.3 is 6.18 Å². The summed E-state index contributed by atoms with van der Waals surface area (Å²) < 4.78 is 52.2. The van der Waals surface area contributed by atoms with E-state index in [1.807, 2.05) is 6.07 Å². The lowest BCUT2D eigenvalue weighted by molar-refractivity contribution is -0.139. The van der Waals surface area contributed by atoms with Crippen LogP contribution in [-0.4, -0.2) is 15.0 Å². The van der Waals surface area contributed by atoms with E-state index in [4.69, 9.17) is 0 Å². The molecule has 28 heavy (non-hydrogen) atoms. The summed E-state index contributed by atoms with van der Waals surface area (Å²) in [6, 6.07) is 13.3. The highest BCUT2D eigenvalue weighted by molar-refractivity contribution is 5.92. The van der Waals surface area contributed by atoms with Crippen molar-refractivity contribution in [3.8, 4) is 11.4 Å². The Morgan fingerprint density at radius 3 is 2.32 bits per heavy atom. The fourth-order valence-corrected chi connectivity index (χ4v) is 2.76. The van der Waals surface area contributed by atoms with E-state index in [9.17, 15) is 17.6 Å². The maximum Gasteiger partial charge on any atom is 0.419 e. The molecule has 0 unspecified atom stereocenters. The molecule has 4 nitrogen and oxygen atoms in total. The Morgan fingerprint density at radius 1 is 0.857 bits per heavy atom. The molecule has 0 atom stereocenters. The Balaban J connectivity index is 1.79. The fourth-order valence-electron chi connectivity index (χ4n) is 2.76. The van der Waals surface area contributed by atoms with E-state index < -0.39 is 17.6 Å². The van der Waals surface area contributed by atoms with E-state index in [1.165, 1.54) is 0 Å². The largest absolute Gasteiger partial charge is 0.419 e. The molecule has 0 aliphatic heterocycles. The zero-order valence-electron chi connectivity index (χ0n) is 14.2. The van der Waals surface area contributed by atoms with Gasteiger partial charge in [-0.25, -0.2) is 14.4 Å². The summed E-state index contributed by atoms with van der Waals surface area (Å²) in [7, 11) is 0. The summed E-state index contributed by atoms with van der Waals surface area (Å²) in [5.74, 6) is -0.585. The van der Waals surface area contributed by atoms with Gasteiger partial charge in [0, 0.05) is 29.0 Å². The number of halogens is 4. The minimum absolute atomic E-state index is 0.148. The van der Waals surface area contributed by atoms with E-state index in [0.717, 1.165) is 17.7 Å². The summed E-state index contributed by atoms with van der Waals surface area (Å²) in [5.41, 5.74) is 0.194. The fraction of sp³-hybridized carbons (Fsp3) is 0.0500. The van der Waals surface area contributed by atoms with Gasteiger partial charge in [-0.05, 0) is 42.5 Å². The van der Waals surface area contributed by atoms with Crippen molar-refractivity contribution in [1.29, 1.82) is 0 Å². The van der Waals surface area contributed by atoms with Crippen LogP contribution in [0.3, 0.4) is 0 Å². The van der Waals surface area contributed by atoms with Crippen LogP contribution in [0.2, 0.25) is 0 Å². The van der Waals surface area contributed by atoms with Gasteiger partial charge in [0.15, 0.2) is 5.82 Å². The molecule has 2 aromatic heterocycles. The third-order valence-electron chi connectivity index (χ3n) is 4.08. The molecule has 1 N–H and O–H groups in total. The van der Waals surface area contributed by atoms with Crippen molar-refractivity contribution in [2.45, 2.75) is 6.18 Å². The minimum atomic E-state index is -4.75. The lowest BCUT2D eigenvalue weighted by Gasteiger charge is -2.13. The highest BCUT2D eigenvalue weighted by Crippen LogP contribution is 2.33. The summed E-state index contributed by atoms with van der Waals surface area (Å²) >= 11 is 0. The maximum atomic E-state index is 13.9. The summed E-state index contributed by atoms with van der Waals surface area (Å²) in [5, 5.41) is 3.56. The van der Waals surface area contributed by atoms with Crippen LogP contribution >= 0.6 is 0 Å². The zero-order chi connectivity index (χ0) is 19.7. The van der Waals surface area contributed by atoms with Crippen LogP contribution < -0.4 is 5.32 Å². The van der Waals surface area contributed by atoms with Gasteiger partial charge in [-0.2, -0.15) is 13.2 Å². The number of para-hydroxylation sites is 1. The van der Waals surface area contributed by atoms with Crippen LogP contribution in [-0.2, 0) is 6.18 Å². The normalized spacial score (nSPS) is 11.6. The summed E-state index contributed by atoms with van der Waals surface area (Å²) in [6.07, 6.45) is -1.54. The number of hydrogen-bond donors (Lipinski definition) is 1. The van der Waals surface area contributed by atoms with Crippen LogP contribution in [0.1, 0.15) is 5.56 Å². The Morgan fingerprint density at radius 2 is 1.61 bits per heavy atom. The predicted molar refractivity (Wildman–Crippen MR) is 97.5 cm³/mol. The predicted octanol–water partition coefficient (Wildman–Crippen LogP) is 5.59. The average Bonchev–Trinajstić information content (AvgIpc) is 2.67. The van der Waals surface area contributed by atoms with Crippen molar-refractivity contribution >= 4 is 22.4 Å². The number of nitrogens with zero attached hydrogens (tertiary/aromatic N) is 3. The first-order chi connectivity index (χ1) is 13.4. The molecular formula is C20H12F4N4. The molecule has 0 spiro atoms. The molecule has 4 aromatic rings. The Labute approximate surface area is 156 Å². The van der Waals surface area contributed by atoms with Gasteiger partial charge in [0.05, 0.1) is 11.1 Å². The number of aromatic nitrogens is 3. The van der Waals surface area contributed by atoms with Gasteiger partial charge in [-0.3, -0.25) is 4.98 Å². The highest BCUT2D eigenvalue weighted by atomic mass is 19.4. The van der Waals surface area contributed by atoms with Gasteiger partial charge < -0.3 is 5.32 Å². The molecule has 8 heteroatoms. The first-order valence-electron chi connectivity index (χ1n) is 8.23. The Kier molecular flexibility index (Phi) is 4.38. The molecule has 0 bridgehead atoms. The number of alkyl halides is 3. The van der Waals surface area contributed by atoms with Crippen LogP contribution in [0.5, 0.6) is 0 Å². The SMILES string of the molecule is Fc1cc(Nc2nc(-c3ccncc3)nc3ccccc23)ccc1C(F)(F)F. The van der Waals surface area contributed by atoms with Gasteiger partial charge in [-0.15, -0.1) is 0 Å². The van der Waals surface area contributed by atoms with Crippen molar-refractivity contribution in [2.75, 3.05) is 5.32 Å². The molecule has 0 aliphatic rings. The number of rotatable bonds is 3. The number of nitrogens with one attached hydrogen (secondary N) is 1. The number of hydrogen-bond acceptors (Lipinski definition) is 4. The molecule has 0 saturated carbocycles. The molecule has 0 fully saturated rings. The molecule has 0 saturated heterocycles. The second-order valence-corrected chi connectivity index (χ2v) is 5.97. The molecule has 0 radical (unpaired) electrons.